The molecule has 0 aliphatic carbocycles. The van der Waals surface area contributed by atoms with Crippen molar-refractivity contribution in [2.45, 2.75) is 6.54 Å². The average molecular weight is 390 g/mol. The van der Waals surface area contributed by atoms with Gasteiger partial charge >= 0.3 is 0 Å². The predicted molar refractivity (Wildman–Crippen MR) is 111 cm³/mol. The second-order valence-electron chi connectivity index (χ2n) is 7.21. The van der Waals surface area contributed by atoms with Crippen LogP contribution in [0.15, 0.2) is 59.4 Å². The number of nitrogens with zero attached hydrogens (tertiary/aromatic N) is 4. The minimum absolute atomic E-state index is 0.0442. The van der Waals surface area contributed by atoms with E-state index in [1.807, 2.05) is 54.6 Å². The van der Waals surface area contributed by atoms with Crippen molar-refractivity contribution >= 4 is 16.8 Å². The van der Waals surface area contributed by atoms with Gasteiger partial charge in [0, 0.05) is 26.2 Å². The number of aromatic nitrogens is 3. The second-order valence-corrected chi connectivity index (χ2v) is 7.21. The average Bonchev–Trinajstić information content (AvgIpc) is 3.15. The molecule has 3 heterocycles. The van der Waals surface area contributed by atoms with Crippen molar-refractivity contribution in [3.05, 3.63) is 65.0 Å². The van der Waals surface area contributed by atoms with Gasteiger partial charge in [-0.15, -0.1) is 0 Å². The molecule has 4 aromatic rings. The molecular formula is C22H22N4O3. The van der Waals surface area contributed by atoms with Crippen molar-refractivity contribution in [2.75, 3.05) is 32.8 Å². The molecule has 7 heteroatoms. The van der Waals surface area contributed by atoms with Gasteiger partial charge in [-0.25, -0.2) is 9.38 Å². The summed E-state index contributed by atoms with van der Waals surface area (Å²) >= 11 is 0. The third-order valence-corrected chi connectivity index (χ3v) is 5.49. The van der Waals surface area contributed by atoms with Crippen molar-refractivity contribution in [1.29, 1.82) is 0 Å². The van der Waals surface area contributed by atoms with E-state index in [-0.39, 0.29) is 11.4 Å². The summed E-state index contributed by atoms with van der Waals surface area (Å²) in [6, 6.07) is 16.9. The molecule has 2 aromatic carbocycles. The zero-order chi connectivity index (χ0) is 19.8. The molecule has 0 amide bonds. The van der Waals surface area contributed by atoms with Gasteiger partial charge in [0.2, 0.25) is 11.7 Å². The maximum Gasteiger partial charge on any atom is 0.271 e. The molecule has 0 atom stereocenters. The molecular weight excluding hydrogens is 368 g/mol. The smallest absolute Gasteiger partial charge is 0.271 e. The first-order chi connectivity index (χ1) is 14.2. The maximum absolute atomic E-state index is 13.4. The number of imidazole rings is 1. The zero-order valence-corrected chi connectivity index (χ0v) is 16.0. The number of ether oxygens (including phenoxy) is 1. The lowest BCUT2D eigenvalue weighted by molar-refractivity contribution is 0.0362. The Labute approximate surface area is 167 Å². The highest BCUT2D eigenvalue weighted by molar-refractivity contribution is 5.81. The van der Waals surface area contributed by atoms with Crippen LogP contribution in [0.4, 0.5) is 0 Å². The molecule has 7 nitrogen and oxygen atoms in total. The molecule has 1 aliphatic rings. The van der Waals surface area contributed by atoms with E-state index in [2.05, 4.69) is 9.88 Å². The summed E-state index contributed by atoms with van der Waals surface area (Å²) in [7, 11) is 0. The predicted octanol–water partition coefficient (Wildman–Crippen LogP) is 2.35. The fourth-order valence-electron chi connectivity index (χ4n) is 3.96. The Hall–Kier alpha value is -3.16. The van der Waals surface area contributed by atoms with Crippen LogP contribution in [0.2, 0.25) is 0 Å². The van der Waals surface area contributed by atoms with Crippen LogP contribution in [0.3, 0.4) is 0 Å². The molecule has 1 N–H and O–H groups in total. The largest absolute Gasteiger partial charge is 0.494 e. The van der Waals surface area contributed by atoms with E-state index in [0.29, 0.717) is 36.7 Å². The Morgan fingerprint density at radius 3 is 2.48 bits per heavy atom. The summed E-state index contributed by atoms with van der Waals surface area (Å²) < 4.78 is 8.78. The number of morpholine rings is 1. The highest BCUT2D eigenvalue weighted by atomic mass is 16.5. The molecule has 0 radical (unpaired) electrons. The normalized spacial score (nSPS) is 15.3. The van der Waals surface area contributed by atoms with Crippen molar-refractivity contribution in [3.8, 4) is 17.0 Å². The van der Waals surface area contributed by atoms with Gasteiger partial charge < -0.3 is 9.84 Å². The SMILES string of the molecule is O=c1c(-c2ccccc2)c(O)n(CCN2CCOCC2)c2nc3ccccc3n12. The van der Waals surface area contributed by atoms with Crippen LogP contribution >= 0.6 is 0 Å². The summed E-state index contributed by atoms with van der Waals surface area (Å²) in [4.78, 5) is 20.4. The van der Waals surface area contributed by atoms with Gasteiger partial charge in [-0.2, -0.15) is 0 Å². The second kappa shape index (κ2) is 7.35. The Morgan fingerprint density at radius 2 is 1.69 bits per heavy atom. The molecule has 1 saturated heterocycles. The number of rotatable bonds is 4. The molecule has 2 aromatic heterocycles. The van der Waals surface area contributed by atoms with Gasteiger partial charge in [0.25, 0.3) is 5.56 Å². The molecule has 0 unspecified atom stereocenters. The van der Waals surface area contributed by atoms with Crippen LogP contribution in [-0.2, 0) is 11.3 Å². The van der Waals surface area contributed by atoms with Crippen LogP contribution in [0.5, 0.6) is 5.88 Å². The topological polar surface area (TPSA) is 72.0 Å². The molecule has 1 aliphatic heterocycles. The van der Waals surface area contributed by atoms with Gasteiger partial charge in [-0.05, 0) is 17.7 Å². The zero-order valence-electron chi connectivity index (χ0n) is 16.0. The van der Waals surface area contributed by atoms with Gasteiger partial charge in [-0.1, -0.05) is 42.5 Å². The van der Waals surface area contributed by atoms with Crippen LogP contribution in [0.25, 0.3) is 27.9 Å². The van der Waals surface area contributed by atoms with E-state index in [1.165, 1.54) is 0 Å². The molecule has 148 valence electrons. The number of benzene rings is 2. The van der Waals surface area contributed by atoms with E-state index in [0.717, 1.165) is 30.7 Å². The van der Waals surface area contributed by atoms with Crippen LogP contribution in [0, 0.1) is 0 Å². The van der Waals surface area contributed by atoms with Crippen LogP contribution in [0.1, 0.15) is 0 Å². The minimum atomic E-state index is -0.264. The van der Waals surface area contributed by atoms with Gasteiger partial charge in [-0.3, -0.25) is 14.3 Å². The summed E-state index contributed by atoms with van der Waals surface area (Å²) in [5.41, 5.74) is 2.19. The molecule has 0 saturated carbocycles. The van der Waals surface area contributed by atoms with Gasteiger partial charge in [0.15, 0.2) is 0 Å². The number of fused-ring (bicyclic) bond motifs is 3. The van der Waals surface area contributed by atoms with Crippen molar-refractivity contribution < 1.29 is 9.84 Å². The van der Waals surface area contributed by atoms with E-state index in [1.54, 1.807) is 8.97 Å². The summed E-state index contributed by atoms with van der Waals surface area (Å²) in [6.07, 6.45) is 0. The first kappa shape index (κ1) is 17.9. The first-order valence-electron chi connectivity index (χ1n) is 9.82. The summed E-state index contributed by atoms with van der Waals surface area (Å²) in [5, 5.41) is 11.1. The Morgan fingerprint density at radius 1 is 0.966 bits per heavy atom. The van der Waals surface area contributed by atoms with Crippen LogP contribution in [-0.4, -0.2) is 56.8 Å². The number of hydrogen-bond donors (Lipinski definition) is 1. The summed E-state index contributed by atoms with van der Waals surface area (Å²) in [6.45, 7) is 4.42. The van der Waals surface area contributed by atoms with Crippen molar-refractivity contribution in [1.82, 2.24) is 18.9 Å². The Bertz CT molecular complexity index is 1220. The fraction of sp³-hybridized carbons (Fsp3) is 0.273. The molecule has 1 fully saturated rings. The molecule has 29 heavy (non-hydrogen) atoms. The number of hydrogen-bond acceptors (Lipinski definition) is 5. The van der Waals surface area contributed by atoms with Gasteiger partial charge in [0.05, 0.1) is 24.2 Å². The highest BCUT2D eigenvalue weighted by Gasteiger charge is 2.22. The summed E-state index contributed by atoms with van der Waals surface area (Å²) in [5.74, 6) is 0.416. The highest BCUT2D eigenvalue weighted by Crippen LogP contribution is 2.28. The van der Waals surface area contributed by atoms with E-state index >= 15 is 0 Å². The molecule has 5 rings (SSSR count). The first-order valence-corrected chi connectivity index (χ1v) is 9.82. The standard InChI is InChI=1S/C22H22N4O3/c27-20-19(16-6-2-1-3-7-16)21(28)26-18-9-5-4-8-17(18)23-22(26)25(20)11-10-24-12-14-29-15-13-24/h1-9,27H,10-15H2. The van der Waals surface area contributed by atoms with Gasteiger partial charge in [0.1, 0.15) is 5.56 Å². The van der Waals surface area contributed by atoms with E-state index in [9.17, 15) is 9.90 Å². The lowest BCUT2D eigenvalue weighted by Crippen LogP contribution is -2.38. The maximum atomic E-state index is 13.4. The third kappa shape index (κ3) is 3.08. The fourth-order valence-corrected chi connectivity index (χ4v) is 3.96. The minimum Gasteiger partial charge on any atom is -0.494 e. The van der Waals surface area contributed by atoms with E-state index < -0.39 is 0 Å². The quantitative estimate of drug-likeness (QED) is 0.579. The monoisotopic (exact) mass is 390 g/mol. The number of para-hydroxylation sites is 2. The Kier molecular flexibility index (Phi) is 4.54. The molecule has 0 spiro atoms. The lowest BCUT2D eigenvalue weighted by Gasteiger charge is -2.27. The third-order valence-electron chi connectivity index (χ3n) is 5.49. The van der Waals surface area contributed by atoms with Crippen molar-refractivity contribution in [2.24, 2.45) is 0 Å². The van der Waals surface area contributed by atoms with E-state index in [4.69, 9.17) is 4.74 Å². The number of aromatic hydroxyl groups is 1. The van der Waals surface area contributed by atoms with Crippen molar-refractivity contribution in [3.63, 3.8) is 0 Å². The molecule has 0 bridgehead atoms. The van der Waals surface area contributed by atoms with Crippen LogP contribution < -0.4 is 5.56 Å². The Balaban J connectivity index is 1.72. The lowest BCUT2D eigenvalue weighted by atomic mass is 10.1.